The van der Waals surface area contributed by atoms with Gasteiger partial charge in [-0.2, -0.15) is 0 Å². The average Bonchev–Trinajstić information content (AvgIpc) is 2.82. The molecule has 1 unspecified atom stereocenters. The number of aromatic nitrogens is 3. The summed E-state index contributed by atoms with van der Waals surface area (Å²) < 4.78 is 7.27. The Hall–Kier alpha value is -3.65. The lowest BCUT2D eigenvalue weighted by Crippen LogP contribution is -2.60. The van der Waals surface area contributed by atoms with Crippen molar-refractivity contribution in [3.8, 4) is 17.0 Å². The molecule has 1 N–H and O–H groups in total. The molecule has 1 aromatic heterocycles. The molecule has 5 rings (SSSR count). The van der Waals surface area contributed by atoms with Gasteiger partial charge < -0.3 is 4.74 Å². The van der Waals surface area contributed by atoms with Gasteiger partial charge in [-0.25, -0.2) is 4.90 Å². The van der Waals surface area contributed by atoms with Gasteiger partial charge in [0.25, 0.3) is 6.17 Å². The highest BCUT2D eigenvalue weighted by molar-refractivity contribution is 7.99. The van der Waals surface area contributed by atoms with Gasteiger partial charge in [0.05, 0.1) is 23.9 Å². The molecule has 0 aliphatic carbocycles. The van der Waals surface area contributed by atoms with Crippen molar-refractivity contribution in [2.75, 3.05) is 17.8 Å². The summed E-state index contributed by atoms with van der Waals surface area (Å²) in [4.78, 5) is 31.0. The van der Waals surface area contributed by atoms with E-state index in [2.05, 4.69) is 4.98 Å². The van der Waals surface area contributed by atoms with Crippen molar-refractivity contribution in [3.05, 3.63) is 76.6 Å². The van der Waals surface area contributed by atoms with Crippen molar-refractivity contribution in [1.82, 2.24) is 10.1 Å². The molecular formula is C25H23N4O3S+. The van der Waals surface area contributed by atoms with Crippen LogP contribution in [0.2, 0.25) is 0 Å². The quantitative estimate of drug-likeness (QED) is 0.370. The van der Waals surface area contributed by atoms with Crippen molar-refractivity contribution in [1.29, 1.82) is 0 Å². The number of hydrogen-bond acceptors (Lipinski definition) is 5. The minimum Gasteiger partial charge on any atom is -0.496 e. The molecule has 1 atom stereocenters. The Morgan fingerprint density at radius 3 is 2.58 bits per heavy atom. The second-order valence-corrected chi connectivity index (χ2v) is 8.92. The number of H-pyrrole nitrogens is 1. The Kier molecular flexibility index (Phi) is 5.38. The van der Waals surface area contributed by atoms with E-state index in [1.807, 2.05) is 67.6 Å². The standard InChI is InChI=1S/C25H22N4O3S/c1-4-33-25-26-23(31)22-19-11-7-8-12-20(19)28(15(2)30)24(29(22)27-25)18-13-14-21(32-3)17-10-6-5-9-16(17)18/h5-14,24H,4H2,1-3H3/p+1. The van der Waals surface area contributed by atoms with E-state index in [4.69, 9.17) is 9.84 Å². The van der Waals surface area contributed by atoms with E-state index in [0.29, 0.717) is 22.1 Å². The number of carbonyl (C=O) groups excluding carboxylic acids is 1. The number of thioether (sulfide) groups is 1. The molecule has 166 valence electrons. The van der Waals surface area contributed by atoms with Gasteiger partial charge >= 0.3 is 11.3 Å². The van der Waals surface area contributed by atoms with Crippen LogP contribution >= 0.6 is 11.8 Å². The van der Waals surface area contributed by atoms with Gasteiger partial charge in [-0.05, 0) is 40.1 Å². The summed E-state index contributed by atoms with van der Waals surface area (Å²) in [5.41, 5.74) is 2.39. The van der Waals surface area contributed by atoms with Gasteiger partial charge in [-0.1, -0.05) is 55.1 Å². The highest BCUT2D eigenvalue weighted by atomic mass is 32.2. The number of para-hydroxylation sites is 1. The highest BCUT2D eigenvalue weighted by Crippen LogP contribution is 2.40. The summed E-state index contributed by atoms with van der Waals surface area (Å²) in [5, 5.41) is 7.17. The summed E-state index contributed by atoms with van der Waals surface area (Å²) in [6.07, 6.45) is -0.637. The van der Waals surface area contributed by atoms with Gasteiger partial charge in [0.1, 0.15) is 5.75 Å². The fraction of sp³-hybridized carbons (Fsp3) is 0.200. The average molecular weight is 460 g/mol. The van der Waals surface area contributed by atoms with Crippen LogP contribution in [0.25, 0.3) is 22.0 Å². The lowest BCUT2D eigenvalue weighted by Gasteiger charge is -2.32. The molecule has 0 bridgehead atoms. The number of amides is 1. The van der Waals surface area contributed by atoms with E-state index in [1.165, 1.54) is 18.7 Å². The molecule has 0 spiro atoms. The molecular weight excluding hydrogens is 436 g/mol. The fourth-order valence-electron chi connectivity index (χ4n) is 4.49. The third-order valence-corrected chi connectivity index (χ3v) is 6.54. The number of methoxy groups -OCH3 is 1. The van der Waals surface area contributed by atoms with Crippen molar-refractivity contribution >= 4 is 34.1 Å². The first kappa shape index (κ1) is 21.2. The molecule has 0 fully saturated rings. The highest BCUT2D eigenvalue weighted by Gasteiger charge is 2.45. The summed E-state index contributed by atoms with van der Waals surface area (Å²) in [5.74, 6) is 1.36. The largest absolute Gasteiger partial charge is 0.496 e. The summed E-state index contributed by atoms with van der Waals surface area (Å²) in [7, 11) is 1.64. The molecule has 2 heterocycles. The molecule has 8 heteroatoms. The first-order chi connectivity index (χ1) is 16.0. The van der Waals surface area contributed by atoms with Gasteiger partial charge in [0.2, 0.25) is 11.1 Å². The van der Waals surface area contributed by atoms with E-state index in [-0.39, 0.29) is 11.5 Å². The maximum atomic E-state index is 13.3. The van der Waals surface area contributed by atoms with Crippen LogP contribution in [0.15, 0.2) is 70.6 Å². The smallest absolute Gasteiger partial charge is 0.325 e. The number of hydrogen-bond donors (Lipinski definition) is 1. The Labute approximate surface area is 195 Å². The first-order valence-corrected chi connectivity index (χ1v) is 11.7. The molecule has 0 saturated heterocycles. The number of rotatable bonds is 4. The predicted octanol–water partition coefficient (Wildman–Crippen LogP) is 3.91. The zero-order valence-electron chi connectivity index (χ0n) is 18.5. The molecule has 0 saturated carbocycles. The second-order valence-electron chi connectivity index (χ2n) is 7.67. The van der Waals surface area contributed by atoms with Crippen LogP contribution in [0.3, 0.4) is 0 Å². The van der Waals surface area contributed by atoms with E-state index >= 15 is 0 Å². The van der Waals surface area contributed by atoms with Crippen LogP contribution in [-0.4, -0.2) is 28.9 Å². The van der Waals surface area contributed by atoms with Gasteiger partial charge in [-0.3, -0.25) is 14.6 Å². The van der Waals surface area contributed by atoms with Gasteiger partial charge in [0.15, 0.2) is 0 Å². The van der Waals surface area contributed by atoms with Crippen LogP contribution in [0.5, 0.6) is 5.75 Å². The second kappa shape index (κ2) is 8.37. The Morgan fingerprint density at radius 2 is 1.85 bits per heavy atom. The first-order valence-electron chi connectivity index (χ1n) is 10.7. The van der Waals surface area contributed by atoms with E-state index in [9.17, 15) is 9.59 Å². The number of nitrogens with zero attached hydrogens (tertiary/aromatic N) is 3. The van der Waals surface area contributed by atoms with E-state index in [0.717, 1.165) is 27.8 Å². The number of fused-ring (bicyclic) bond motifs is 4. The molecule has 7 nitrogen and oxygen atoms in total. The van der Waals surface area contributed by atoms with Gasteiger partial charge in [0, 0.05) is 17.4 Å². The molecule has 33 heavy (non-hydrogen) atoms. The fourth-order valence-corrected chi connectivity index (χ4v) is 5.08. The van der Waals surface area contributed by atoms with E-state index < -0.39 is 6.17 Å². The third kappa shape index (κ3) is 3.38. The van der Waals surface area contributed by atoms with Crippen molar-refractivity contribution < 1.29 is 14.2 Å². The predicted molar refractivity (Wildman–Crippen MR) is 129 cm³/mol. The monoisotopic (exact) mass is 459 g/mol. The Bertz CT molecular complexity index is 1450. The van der Waals surface area contributed by atoms with Crippen LogP contribution in [0, 0.1) is 0 Å². The van der Waals surface area contributed by atoms with Crippen molar-refractivity contribution in [3.63, 3.8) is 0 Å². The molecule has 3 aromatic carbocycles. The van der Waals surface area contributed by atoms with Crippen molar-refractivity contribution in [2.45, 2.75) is 25.2 Å². The number of benzene rings is 3. The Balaban J connectivity index is 1.89. The zero-order chi connectivity index (χ0) is 23.1. The van der Waals surface area contributed by atoms with Crippen LogP contribution in [0.1, 0.15) is 25.6 Å². The lowest BCUT2D eigenvalue weighted by atomic mass is 9.97. The molecule has 1 aliphatic heterocycles. The van der Waals surface area contributed by atoms with E-state index in [1.54, 1.807) is 16.7 Å². The summed E-state index contributed by atoms with van der Waals surface area (Å²) in [6, 6.07) is 19.2. The molecule has 1 aliphatic rings. The number of nitrogens with one attached hydrogen (secondary N) is 1. The Morgan fingerprint density at radius 1 is 1.12 bits per heavy atom. The molecule has 4 aromatic rings. The third-order valence-electron chi connectivity index (χ3n) is 5.79. The van der Waals surface area contributed by atoms with Crippen LogP contribution in [-0.2, 0) is 4.79 Å². The van der Waals surface area contributed by atoms with Crippen LogP contribution < -0.4 is 19.9 Å². The number of carbonyl (C=O) groups is 1. The number of ether oxygens (including phenoxy) is 1. The lowest BCUT2D eigenvalue weighted by molar-refractivity contribution is -0.762. The minimum atomic E-state index is -0.637. The number of aromatic amines is 1. The topological polar surface area (TPSA) is 79.2 Å². The van der Waals surface area contributed by atoms with Crippen LogP contribution in [0.4, 0.5) is 5.69 Å². The maximum absolute atomic E-state index is 13.3. The van der Waals surface area contributed by atoms with Crippen molar-refractivity contribution in [2.24, 2.45) is 0 Å². The summed E-state index contributed by atoms with van der Waals surface area (Å²) in [6.45, 7) is 3.54. The molecule has 1 amide bonds. The zero-order valence-corrected chi connectivity index (χ0v) is 19.3. The summed E-state index contributed by atoms with van der Waals surface area (Å²) >= 11 is 1.45. The SMILES string of the molecule is CCSc1n[n+]2c(c(=O)[nH]1)-c1ccccc1N(C(C)=O)C2c1ccc(OC)c2ccccc12. The van der Waals surface area contributed by atoms with Gasteiger partial charge in [-0.15, -0.1) is 0 Å². The normalized spacial score (nSPS) is 14.6. The molecule has 0 radical (unpaired) electrons. The minimum absolute atomic E-state index is 0.141. The maximum Gasteiger partial charge on any atom is 0.325 e. The number of anilines is 1.